The average molecular weight is 329 g/mol. The highest BCUT2D eigenvalue weighted by atomic mass is 19.1. The molecule has 2 aromatic carbocycles. The van der Waals surface area contributed by atoms with E-state index < -0.39 is 5.60 Å². The van der Waals surface area contributed by atoms with Crippen molar-refractivity contribution in [2.24, 2.45) is 11.8 Å². The van der Waals surface area contributed by atoms with E-state index in [-0.39, 0.29) is 11.6 Å². The molecule has 0 amide bonds. The van der Waals surface area contributed by atoms with Gasteiger partial charge in [0.05, 0.1) is 5.60 Å². The Kier molecular flexibility index (Phi) is 3.89. The van der Waals surface area contributed by atoms with Crippen molar-refractivity contribution in [2.45, 2.75) is 25.0 Å². The number of likely N-dealkylation sites (tertiary alicyclic amines) is 1. The third-order valence-electron chi connectivity index (χ3n) is 5.55. The fourth-order valence-electron chi connectivity index (χ4n) is 4.42. The fourth-order valence-corrected chi connectivity index (χ4v) is 4.42. The summed E-state index contributed by atoms with van der Waals surface area (Å²) in [5.41, 5.74) is 1.11. The first-order valence-corrected chi connectivity index (χ1v) is 8.47. The molecule has 24 heavy (non-hydrogen) atoms. The molecule has 2 aromatic rings. The molecule has 2 unspecified atom stereocenters. The van der Waals surface area contributed by atoms with Gasteiger partial charge in [-0.1, -0.05) is 24.3 Å². The van der Waals surface area contributed by atoms with E-state index in [1.807, 2.05) is 12.1 Å². The molecule has 126 valence electrons. The lowest BCUT2D eigenvalue weighted by molar-refractivity contribution is 0.0310. The summed E-state index contributed by atoms with van der Waals surface area (Å²) >= 11 is 0. The van der Waals surface area contributed by atoms with Crippen LogP contribution in [0.1, 0.15) is 24.0 Å². The van der Waals surface area contributed by atoms with Crippen molar-refractivity contribution in [3.8, 4) is 0 Å². The van der Waals surface area contributed by atoms with E-state index in [1.54, 1.807) is 12.1 Å². The highest BCUT2D eigenvalue weighted by molar-refractivity contribution is 5.25. The predicted octanol–water partition coefficient (Wildman–Crippen LogP) is 3.69. The first kappa shape index (κ1) is 15.7. The van der Waals surface area contributed by atoms with Gasteiger partial charge < -0.3 is 5.11 Å². The number of aliphatic hydroxyl groups is 1. The van der Waals surface area contributed by atoms with Gasteiger partial charge in [0, 0.05) is 19.6 Å². The van der Waals surface area contributed by atoms with E-state index in [1.165, 1.54) is 24.3 Å². The van der Waals surface area contributed by atoms with E-state index in [4.69, 9.17) is 0 Å². The summed E-state index contributed by atoms with van der Waals surface area (Å²) < 4.78 is 26.1. The molecule has 1 saturated carbocycles. The molecule has 4 heteroatoms. The molecular weight excluding hydrogens is 308 g/mol. The quantitative estimate of drug-likeness (QED) is 0.928. The Labute approximate surface area is 140 Å². The molecular formula is C20H21F2NO. The molecule has 1 aliphatic heterocycles. The van der Waals surface area contributed by atoms with Gasteiger partial charge in [0.1, 0.15) is 11.6 Å². The van der Waals surface area contributed by atoms with Crippen LogP contribution in [0.2, 0.25) is 0 Å². The Morgan fingerprint density at radius 3 is 1.92 bits per heavy atom. The Bertz CT molecular complexity index is 699. The average Bonchev–Trinajstić information content (AvgIpc) is 3.05. The van der Waals surface area contributed by atoms with Crippen molar-refractivity contribution in [1.82, 2.24) is 4.90 Å². The fraction of sp³-hybridized carbons (Fsp3) is 0.400. The maximum absolute atomic E-state index is 13.1. The molecule has 1 N–H and O–H groups in total. The summed E-state index contributed by atoms with van der Waals surface area (Å²) in [7, 11) is 0. The van der Waals surface area contributed by atoms with Gasteiger partial charge in [-0.25, -0.2) is 8.78 Å². The van der Waals surface area contributed by atoms with Gasteiger partial charge in [-0.15, -0.1) is 0 Å². The zero-order valence-electron chi connectivity index (χ0n) is 13.5. The Balaban J connectivity index is 1.41. The van der Waals surface area contributed by atoms with Crippen LogP contribution in [0.4, 0.5) is 8.78 Å². The van der Waals surface area contributed by atoms with Crippen LogP contribution in [-0.2, 0) is 12.1 Å². The van der Waals surface area contributed by atoms with Gasteiger partial charge in [-0.3, -0.25) is 4.90 Å². The van der Waals surface area contributed by atoms with E-state index in [2.05, 4.69) is 4.90 Å². The minimum Gasteiger partial charge on any atom is -0.385 e. The van der Waals surface area contributed by atoms with Crippen LogP contribution in [0.3, 0.4) is 0 Å². The van der Waals surface area contributed by atoms with Crippen LogP contribution in [0.15, 0.2) is 48.5 Å². The number of benzene rings is 2. The first-order valence-electron chi connectivity index (χ1n) is 8.47. The predicted molar refractivity (Wildman–Crippen MR) is 88.2 cm³/mol. The number of hydrogen-bond donors (Lipinski definition) is 1. The van der Waals surface area contributed by atoms with Gasteiger partial charge in [0.2, 0.25) is 0 Å². The molecule has 1 heterocycles. The highest BCUT2D eigenvalue weighted by Gasteiger charge is 2.48. The molecule has 1 aliphatic carbocycles. The van der Waals surface area contributed by atoms with Crippen LogP contribution in [-0.4, -0.2) is 23.1 Å². The van der Waals surface area contributed by atoms with Crippen molar-refractivity contribution >= 4 is 0 Å². The summed E-state index contributed by atoms with van der Waals surface area (Å²) in [6, 6.07) is 12.9. The number of nitrogens with zero attached hydrogens (tertiary/aromatic N) is 1. The summed E-state index contributed by atoms with van der Waals surface area (Å²) in [4.78, 5) is 2.38. The minimum atomic E-state index is -0.828. The lowest BCUT2D eigenvalue weighted by Crippen LogP contribution is -2.28. The van der Waals surface area contributed by atoms with Crippen molar-refractivity contribution in [3.63, 3.8) is 0 Å². The first-order chi connectivity index (χ1) is 11.5. The normalized spacial score (nSPS) is 29.8. The number of hydrogen-bond acceptors (Lipinski definition) is 2. The largest absolute Gasteiger partial charge is 0.385 e. The molecule has 4 rings (SSSR count). The van der Waals surface area contributed by atoms with Crippen LogP contribution in [0.25, 0.3) is 0 Å². The van der Waals surface area contributed by atoms with E-state index in [0.29, 0.717) is 11.8 Å². The Morgan fingerprint density at radius 2 is 1.38 bits per heavy atom. The molecule has 0 spiro atoms. The summed E-state index contributed by atoms with van der Waals surface area (Å²) in [6.07, 6.45) is 1.45. The lowest BCUT2D eigenvalue weighted by Gasteiger charge is -2.26. The number of rotatable bonds is 3. The second-order valence-corrected chi connectivity index (χ2v) is 7.29. The zero-order chi connectivity index (χ0) is 16.7. The molecule has 0 aromatic heterocycles. The van der Waals surface area contributed by atoms with Gasteiger partial charge in [0.25, 0.3) is 0 Å². The molecule has 0 bridgehead atoms. The maximum Gasteiger partial charge on any atom is 0.123 e. The minimum absolute atomic E-state index is 0.207. The van der Waals surface area contributed by atoms with E-state index >= 15 is 0 Å². The van der Waals surface area contributed by atoms with Crippen molar-refractivity contribution in [1.29, 1.82) is 0 Å². The monoisotopic (exact) mass is 329 g/mol. The van der Waals surface area contributed by atoms with E-state index in [0.717, 1.165) is 43.6 Å². The van der Waals surface area contributed by atoms with Gasteiger partial charge in [-0.05, 0) is 60.1 Å². The third-order valence-corrected chi connectivity index (χ3v) is 5.55. The standard InChI is InChI=1S/C20H21F2NO/c21-18-5-1-14(2-6-18)11-23-12-15-9-20(24,10-16(15)13-23)17-3-7-19(22)8-4-17/h1-8,15-16,24H,9-13H2. The molecule has 0 radical (unpaired) electrons. The Hall–Kier alpha value is -1.78. The smallest absolute Gasteiger partial charge is 0.123 e. The topological polar surface area (TPSA) is 23.5 Å². The maximum atomic E-state index is 13.1. The number of fused-ring (bicyclic) bond motifs is 1. The Morgan fingerprint density at radius 1 is 0.875 bits per heavy atom. The van der Waals surface area contributed by atoms with Gasteiger partial charge in [0.15, 0.2) is 0 Å². The molecule has 2 atom stereocenters. The zero-order valence-corrected chi connectivity index (χ0v) is 13.5. The SMILES string of the molecule is OC1(c2ccc(F)cc2)CC2CN(Cc3ccc(F)cc3)CC2C1. The van der Waals surface area contributed by atoms with Gasteiger partial charge >= 0.3 is 0 Å². The second kappa shape index (κ2) is 5.94. The summed E-state index contributed by atoms with van der Waals surface area (Å²) in [6.45, 7) is 2.72. The number of halogens is 2. The second-order valence-electron chi connectivity index (χ2n) is 7.29. The van der Waals surface area contributed by atoms with Crippen LogP contribution in [0.5, 0.6) is 0 Å². The lowest BCUT2D eigenvalue weighted by atomic mass is 9.90. The molecule has 2 nitrogen and oxygen atoms in total. The molecule has 1 saturated heterocycles. The summed E-state index contributed by atoms with van der Waals surface area (Å²) in [5.74, 6) is 0.438. The van der Waals surface area contributed by atoms with Crippen molar-refractivity contribution in [2.75, 3.05) is 13.1 Å². The highest BCUT2D eigenvalue weighted by Crippen LogP contribution is 2.49. The van der Waals surface area contributed by atoms with Crippen LogP contribution < -0.4 is 0 Å². The van der Waals surface area contributed by atoms with Gasteiger partial charge in [-0.2, -0.15) is 0 Å². The third kappa shape index (κ3) is 2.96. The van der Waals surface area contributed by atoms with Crippen LogP contribution in [0, 0.1) is 23.5 Å². The van der Waals surface area contributed by atoms with Crippen molar-refractivity contribution in [3.05, 3.63) is 71.3 Å². The molecule has 2 aliphatic rings. The summed E-state index contributed by atoms with van der Waals surface area (Å²) in [5, 5.41) is 11.0. The van der Waals surface area contributed by atoms with E-state index in [9.17, 15) is 13.9 Å². The van der Waals surface area contributed by atoms with Crippen molar-refractivity contribution < 1.29 is 13.9 Å². The van der Waals surface area contributed by atoms with Crippen LogP contribution >= 0.6 is 0 Å². The molecule has 2 fully saturated rings.